The normalized spacial score (nSPS) is 12.7. The molecule has 0 heterocycles. The summed E-state index contributed by atoms with van der Waals surface area (Å²) in [7, 11) is 0. The Labute approximate surface area is 401 Å². The number of rotatable bonds is 48. The number of allylic oxidation sites excluding steroid dienone is 14. The molecule has 0 unspecified atom stereocenters. The maximum atomic E-state index is 12.8. The van der Waals surface area contributed by atoms with Crippen molar-refractivity contribution in [2.75, 3.05) is 13.2 Å². The summed E-state index contributed by atoms with van der Waals surface area (Å²) in [5.74, 6) is -0.950. The highest BCUT2D eigenvalue weighted by Crippen LogP contribution is 2.13. The van der Waals surface area contributed by atoms with Gasteiger partial charge in [0.2, 0.25) is 0 Å². The van der Waals surface area contributed by atoms with Gasteiger partial charge in [0, 0.05) is 19.3 Å². The molecule has 0 N–H and O–H groups in total. The van der Waals surface area contributed by atoms with Crippen LogP contribution in [0.15, 0.2) is 85.1 Å². The number of hydrogen-bond acceptors (Lipinski definition) is 6. The van der Waals surface area contributed by atoms with E-state index in [4.69, 9.17) is 14.2 Å². The van der Waals surface area contributed by atoms with Gasteiger partial charge in [-0.25, -0.2) is 0 Å². The van der Waals surface area contributed by atoms with Crippen molar-refractivity contribution in [1.29, 1.82) is 0 Å². The summed E-state index contributed by atoms with van der Waals surface area (Å²) in [5, 5.41) is 0. The van der Waals surface area contributed by atoms with Crippen LogP contribution < -0.4 is 0 Å². The number of carbonyl (C=O) groups excluding carboxylic acids is 3. The number of ether oxygens (including phenoxy) is 3. The van der Waals surface area contributed by atoms with Gasteiger partial charge >= 0.3 is 17.9 Å². The molecule has 372 valence electrons. The van der Waals surface area contributed by atoms with E-state index in [2.05, 4.69) is 106 Å². The lowest BCUT2D eigenvalue weighted by atomic mass is 10.1. The predicted octanol–water partition coefficient (Wildman–Crippen LogP) is 18.0. The van der Waals surface area contributed by atoms with Gasteiger partial charge in [-0.15, -0.1) is 0 Å². The summed E-state index contributed by atoms with van der Waals surface area (Å²) in [6, 6.07) is 0. The van der Waals surface area contributed by atoms with Crippen LogP contribution in [0.2, 0.25) is 0 Å². The molecule has 65 heavy (non-hydrogen) atoms. The van der Waals surface area contributed by atoms with Crippen molar-refractivity contribution < 1.29 is 28.6 Å². The van der Waals surface area contributed by atoms with Crippen LogP contribution >= 0.6 is 0 Å². The minimum absolute atomic E-state index is 0.0973. The van der Waals surface area contributed by atoms with E-state index in [1.54, 1.807) is 0 Å². The minimum atomic E-state index is -0.800. The average Bonchev–Trinajstić information content (AvgIpc) is 3.30. The van der Waals surface area contributed by atoms with Gasteiger partial charge in [0.25, 0.3) is 0 Å². The van der Waals surface area contributed by atoms with Crippen molar-refractivity contribution in [3.05, 3.63) is 85.1 Å². The highest BCUT2D eigenvalue weighted by atomic mass is 16.6. The minimum Gasteiger partial charge on any atom is -0.462 e. The molecule has 0 radical (unpaired) electrons. The van der Waals surface area contributed by atoms with E-state index < -0.39 is 6.10 Å². The van der Waals surface area contributed by atoms with Gasteiger partial charge in [-0.05, 0) is 122 Å². The second-order valence-corrected chi connectivity index (χ2v) is 17.8. The molecule has 6 nitrogen and oxygen atoms in total. The molecule has 0 saturated heterocycles. The lowest BCUT2D eigenvalue weighted by Gasteiger charge is -2.18. The third-order valence-electron chi connectivity index (χ3n) is 11.3. The molecule has 0 aromatic heterocycles. The first-order valence-corrected chi connectivity index (χ1v) is 27.1. The zero-order valence-corrected chi connectivity index (χ0v) is 42.5. The zero-order chi connectivity index (χ0) is 47.2. The number of carbonyl (C=O) groups is 3. The molecule has 0 aliphatic carbocycles. The van der Waals surface area contributed by atoms with Crippen molar-refractivity contribution >= 4 is 17.9 Å². The highest BCUT2D eigenvalue weighted by Gasteiger charge is 2.19. The lowest BCUT2D eigenvalue weighted by Crippen LogP contribution is -2.30. The third-order valence-corrected chi connectivity index (χ3v) is 11.3. The zero-order valence-electron chi connectivity index (χ0n) is 42.5. The van der Waals surface area contributed by atoms with Crippen LogP contribution in [0, 0.1) is 0 Å². The molecule has 0 aromatic rings. The molecular formula is C59H100O6. The molecule has 0 rings (SSSR count). The molecule has 0 saturated carbocycles. The smallest absolute Gasteiger partial charge is 0.306 e. The van der Waals surface area contributed by atoms with E-state index in [-0.39, 0.29) is 31.1 Å². The summed E-state index contributed by atoms with van der Waals surface area (Å²) in [5.41, 5.74) is 0. The van der Waals surface area contributed by atoms with Crippen LogP contribution in [-0.2, 0) is 28.6 Å². The van der Waals surface area contributed by atoms with Gasteiger partial charge in [-0.1, -0.05) is 196 Å². The van der Waals surface area contributed by atoms with Gasteiger partial charge in [-0.3, -0.25) is 14.4 Å². The van der Waals surface area contributed by atoms with Crippen LogP contribution in [-0.4, -0.2) is 37.2 Å². The van der Waals surface area contributed by atoms with Gasteiger partial charge in [0.1, 0.15) is 13.2 Å². The fourth-order valence-corrected chi connectivity index (χ4v) is 7.21. The Balaban J connectivity index is 4.47. The number of hydrogen-bond donors (Lipinski definition) is 0. The topological polar surface area (TPSA) is 78.9 Å². The average molecular weight is 905 g/mol. The lowest BCUT2D eigenvalue weighted by molar-refractivity contribution is -0.167. The fourth-order valence-electron chi connectivity index (χ4n) is 7.21. The Hall–Kier alpha value is -3.41. The van der Waals surface area contributed by atoms with Crippen LogP contribution in [0.3, 0.4) is 0 Å². The Morgan fingerprint density at radius 3 is 0.923 bits per heavy atom. The van der Waals surface area contributed by atoms with Crippen molar-refractivity contribution in [2.24, 2.45) is 0 Å². The van der Waals surface area contributed by atoms with Gasteiger partial charge in [0.05, 0.1) is 0 Å². The Bertz CT molecular complexity index is 1270. The molecule has 0 aromatic carbocycles. The molecule has 6 heteroatoms. The third kappa shape index (κ3) is 51.4. The van der Waals surface area contributed by atoms with Gasteiger partial charge < -0.3 is 14.2 Å². The molecule has 0 bridgehead atoms. The summed E-state index contributed by atoms with van der Waals surface area (Å²) in [6.07, 6.45) is 68.5. The van der Waals surface area contributed by atoms with E-state index >= 15 is 0 Å². The van der Waals surface area contributed by atoms with E-state index in [1.165, 1.54) is 96.3 Å². The monoisotopic (exact) mass is 905 g/mol. The molecule has 0 aliphatic heterocycles. The first-order valence-electron chi connectivity index (χ1n) is 27.1. The second-order valence-electron chi connectivity index (χ2n) is 17.8. The highest BCUT2D eigenvalue weighted by molar-refractivity contribution is 5.71. The maximum Gasteiger partial charge on any atom is 0.306 e. The Kier molecular flexibility index (Phi) is 50.4. The number of unbranched alkanes of at least 4 members (excludes halogenated alkanes) is 23. The van der Waals surface area contributed by atoms with Crippen molar-refractivity contribution in [1.82, 2.24) is 0 Å². The molecule has 0 spiro atoms. The summed E-state index contributed by atoms with van der Waals surface area (Å²) in [4.78, 5) is 38.0. The molecule has 0 aliphatic rings. The predicted molar refractivity (Wildman–Crippen MR) is 279 cm³/mol. The van der Waals surface area contributed by atoms with Crippen molar-refractivity contribution in [2.45, 2.75) is 258 Å². The Morgan fingerprint density at radius 1 is 0.308 bits per heavy atom. The first-order chi connectivity index (χ1) is 32.0. The SMILES string of the molecule is CCCCC/C=C\C/C=C\C/C=C\C/C=C\CCCCCC(=O)OC[C@H](COC(=O)CCCCCCC/C=C\CCCCCC)OC(=O)CCCCCCC/C=C\C/C=C\CCCCC. The van der Waals surface area contributed by atoms with E-state index in [0.717, 1.165) is 116 Å². The molecule has 1 atom stereocenters. The van der Waals surface area contributed by atoms with Gasteiger partial charge in [-0.2, -0.15) is 0 Å². The van der Waals surface area contributed by atoms with E-state index in [9.17, 15) is 14.4 Å². The standard InChI is InChI=1S/C59H100O6/c1-4-7-10-13-16-19-22-25-27-28-29-30-32-34-37-40-43-46-49-52-58(61)64-55-56(54-63-57(60)51-48-45-42-39-36-33-24-21-18-15-12-9-6-3)65-59(62)53-50-47-44-41-38-35-31-26-23-20-17-14-11-8-5-2/h16-17,19-21,24-27,29-31,34,37,56H,4-15,18,22-23,28,32-33,35-36,38-55H2,1-3H3/b19-16-,20-17-,24-21-,27-25-,30-29-,31-26-,37-34-/t56-/m0/s1. The molecular weight excluding hydrogens is 805 g/mol. The molecule has 0 fully saturated rings. The van der Waals surface area contributed by atoms with Crippen LogP contribution in [0.4, 0.5) is 0 Å². The number of esters is 3. The van der Waals surface area contributed by atoms with Gasteiger partial charge in [0.15, 0.2) is 6.10 Å². The van der Waals surface area contributed by atoms with Crippen LogP contribution in [0.25, 0.3) is 0 Å². The van der Waals surface area contributed by atoms with Crippen LogP contribution in [0.1, 0.15) is 252 Å². The summed E-state index contributed by atoms with van der Waals surface area (Å²) < 4.78 is 16.8. The maximum absolute atomic E-state index is 12.8. The Morgan fingerprint density at radius 2 is 0.554 bits per heavy atom. The molecule has 0 amide bonds. The van der Waals surface area contributed by atoms with E-state index in [1.807, 2.05) is 0 Å². The van der Waals surface area contributed by atoms with Crippen LogP contribution in [0.5, 0.6) is 0 Å². The first kappa shape index (κ1) is 61.6. The van der Waals surface area contributed by atoms with E-state index in [0.29, 0.717) is 19.3 Å². The quantitative estimate of drug-likeness (QED) is 0.0262. The van der Waals surface area contributed by atoms with Crippen molar-refractivity contribution in [3.8, 4) is 0 Å². The fraction of sp³-hybridized carbons (Fsp3) is 0.712. The largest absolute Gasteiger partial charge is 0.462 e. The summed E-state index contributed by atoms with van der Waals surface area (Å²) in [6.45, 7) is 6.52. The summed E-state index contributed by atoms with van der Waals surface area (Å²) >= 11 is 0. The van der Waals surface area contributed by atoms with Crippen molar-refractivity contribution in [3.63, 3.8) is 0 Å². The second kappa shape index (κ2) is 53.2.